The van der Waals surface area contributed by atoms with Gasteiger partial charge in [-0.05, 0) is 79.7 Å². The first-order valence-electron chi connectivity index (χ1n) is 10.9. The summed E-state index contributed by atoms with van der Waals surface area (Å²) in [4.78, 5) is 21.9. The second-order valence-electron chi connectivity index (χ2n) is 8.16. The Morgan fingerprint density at radius 1 is 1.12 bits per heavy atom. The van der Waals surface area contributed by atoms with Crippen molar-refractivity contribution in [2.24, 2.45) is 0 Å². The number of hydrogen-bond acceptors (Lipinski definition) is 6. The van der Waals surface area contributed by atoms with Crippen LogP contribution >= 0.6 is 0 Å². The predicted molar refractivity (Wildman–Crippen MR) is 123 cm³/mol. The van der Waals surface area contributed by atoms with Gasteiger partial charge in [-0.2, -0.15) is 0 Å². The summed E-state index contributed by atoms with van der Waals surface area (Å²) in [6, 6.07) is 15.5. The Kier molecular flexibility index (Phi) is 5.36. The van der Waals surface area contributed by atoms with Crippen molar-refractivity contribution in [3.8, 4) is 5.69 Å². The van der Waals surface area contributed by atoms with Crippen LogP contribution in [0.1, 0.15) is 34.6 Å². The first-order valence-corrected chi connectivity index (χ1v) is 10.9. The Bertz CT molecular complexity index is 1250. The molecule has 1 N–H and O–H groups in total. The lowest BCUT2D eigenvalue weighted by molar-refractivity contribution is 0.0972. The van der Waals surface area contributed by atoms with Crippen molar-refractivity contribution in [2.75, 3.05) is 18.0 Å². The zero-order valence-corrected chi connectivity index (χ0v) is 18.2. The molecule has 8 nitrogen and oxygen atoms in total. The number of fused-ring (bicyclic) bond motifs is 1. The van der Waals surface area contributed by atoms with E-state index in [0.717, 1.165) is 53.8 Å². The van der Waals surface area contributed by atoms with Crippen molar-refractivity contribution in [3.63, 3.8) is 0 Å². The second-order valence-corrected chi connectivity index (χ2v) is 8.16. The van der Waals surface area contributed by atoms with Gasteiger partial charge in [0, 0.05) is 23.7 Å². The van der Waals surface area contributed by atoms with E-state index < -0.39 is 0 Å². The molecule has 1 amide bonds. The SMILES string of the molecule is Cc1nnn(-c2ccc(C(=O)N(c3nccc4cccc(C)c34)[C@@H]3CCCNC3)cc2)n1. The molecule has 5 rings (SSSR count). The fourth-order valence-electron chi connectivity index (χ4n) is 4.33. The van der Waals surface area contributed by atoms with E-state index in [1.807, 2.05) is 41.3 Å². The Morgan fingerprint density at radius 3 is 2.69 bits per heavy atom. The number of hydrogen-bond donors (Lipinski definition) is 1. The van der Waals surface area contributed by atoms with Crippen LogP contribution in [0.2, 0.25) is 0 Å². The number of nitrogens with zero attached hydrogens (tertiary/aromatic N) is 6. The molecule has 1 aliphatic rings. The number of benzene rings is 2. The van der Waals surface area contributed by atoms with E-state index >= 15 is 0 Å². The highest BCUT2D eigenvalue weighted by Gasteiger charge is 2.30. The van der Waals surface area contributed by atoms with E-state index in [9.17, 15) is 4.79 Å². The molecule has 4 aromatic rings. The normalized spacial score (nSPS) is 16.2. The highest BCUT2D eigenvalue weighted by molar-refractivity contribution is 6.10. The highest BCUT2D eigenvalue weighted by atomic mass is 16.2. The van der Waals surface area contributed by atoms with Crippen molar-refractivity contribution in [3.05, 3.63) is 71.7 Å². The lowest BCUT2D eigenvalue weighted by atomic mass is 10.0. The number of aromatic nitrogens is 5. The van der Waals surface area contributed by atoms with Gasteiger partial charge in [0.05, 0.1) is 11.7 Å². The largest absolute Gasteiger partial charge is 0.315 e. The summed E-state index contributed by atoms with van der Waals surface area (Å²) in [5, 5.41) is 17.7. The number of nitrogens with one attached hydrogen (secondary N) is 1. The molecule has 0 spiro atoms. The van der Waals surface area contributed by atoms with E-state index in [2.05, 4.69) is 39.8 Å². The number of aryl methyl sites for hydroxylation is 2. The minimum atomic E-state index is -0.0590. The Labute approximate surface area is 186 Å². The van der Waals surface area contributed by atoms with E-state index in [1.165, 1.54) is 4.80 Å². The van der Waals surface area contributed by atoms with Crippen LogP contribution in [0.5, 0.6) is 0 Å². The van der Waals surface area contributed by atoms with Crippen LogP contribution in [-0.2, 0) is 0 Å². The van der Waals surface area contributed by atoms with Crippen LogP contribution in [0.4, 0.5) is 5.82 Å². The summed E-state index contributed by atoms with van der Waals surface area (Å²) in [6.07, 6.45) is 3.74. The van der Waals surface area contributed by atoms with Crippen LogP contribution in [0, 0.1) is 13.8 Å². The van der Waals surface area contributed by atoms with E-state index in [-0.39, 0.29) is 11.9 Å². The van der Waals surface area contributed by atoms with Gasteiger partial charge in [-0.1, -0.05) is 18.2 Å². The number of amides is 1. The zero-order chi connectivity index (χ0) is 22.1. The molecular weight excluding hydrogens is 402 g/mol. The minimum Gasteiger partial charge on any atom is -0.315 e. The Morgan fingerprint density at radius 2 is 1.97 bits per heavy atom. The number of anilines is 1. The number of rotatable bonds is 4. The van der Waals surface area contributed by atoms with E-state index in [4.69, 9.17) is 4.98 Å². The second kappa shape index (κ2) is 8.47. The van der Waals surface area contributed by atoms with Crippen LogP contribution in [0.15, 0.2) is 54.7 Å². The summed E-state index contributed by atoms with van der Waals surface area (Å²) in [6.45, 7) is 5.57. The molecule has 3 heterocycles. The monoisotopic (exact) mass is 427 g/mol. The van der Waals surface area contributed by atoms with Crippen molar-refractivity contribution < 1.29 is 4.79 Å². The van der Waals surface area contributed by atoms with Gasteiger partial charge in [0.2, 0.25) is 0 Å². The van der Waals surface area contributed by atoms with Gasteiger partial charge in [-0.15, -0.1) is 15.0 Å². The van der Waals surface area contributed by atoms with Crippen LogP contribution in [0.3, 0.4) is 0 Å². The third kappa shape index (κ3) is 3.73. The summed E-state index contributed by atoms with van der Waals surface area (Å²) in [5.41, 5.74) is 2.46. The number of piperidine rings is 1. The average molecular weight is 428 g/mol. The molecule has 1 aliphatic heterocycles. The maximum Gasteiger partial charge on any atom is 0.259 e. The fourth-order valence-corrected chi connectivity index (χ4v) is 4.33. The molecule has 0 aliphatic carbocycles. The smallest absolute Gasteiger partial charge is 0.259 e. The molecule has 0 bridgehead atoms. The van der Waals surface area contributed by atoms with E-state index in [0.29, 0.717) is 11.4 Å². The molecule has 8 heteroatoms. The molecule has 32 heavy (non-hydrogen) atoms. The average Bonchev–Trinajstić information content (AvgIpc) is 3.26. The number of carbonyl (C=O) groups is 1. The molecule has 2 aromatic carbocycles. The minimum absolute atomic E-state index is 0.0354. The molecule has 0 unspecified atom stereocenters. The van der Waals surface area contributed by atoms with Crippen molar-refractivity contribution >= 4 is 22.5 Å². The molecule has 0 radical (unpaired) electrons. The summed E-state index contributed by atoms with van der Waals surface area (Å²) in [7, 11) is 0. The molecule has 162 valence electrons. The lowest BCUT2D eigenvalue weighted by Gasteiger charge is -2.35. The molecule has 1 fully saturated rings. The lowest BCUT2D eigenvalue weighted by Crippen LogP contribution is -2.49. The first kappa shape index (κ1) is 20.3. The van der Waals surface area contributed by atoms with Crippen molar-refractivity contribution in [1.82, 2.24) is 30.5 Å². The molecule has 0 saturated carbocycles. The molecule has 1 saturated heterocycles. The highest BCUT2D eigenvalue weighted by Crippen LogP contribution is 2.31. The topological polar surface area (TPSA) is 88.8 Å². The molecule has 2 aromatic heterocycles. The van der Waals surface area contributed by atoms with Crippen LogP contribution in [-0.4, -0.2) is 50.2 Å². The maximum atomic E-state index is 13.9. The van der Waals surface area contributed by atoms with Crippen molar-refractivity contribution in [2.45, 2.75) is 32.7 Å². The fraction of sp³-hybridized carbons (Fsp3) is 0.292. The maximum absolute atomic E-state index is 13.9. The van der Waals surface area contributed by atoms with Crippen LogP contribution in [0.25, 0.3) is 16.5 Å². The van der Waals surface area contributed by atoms with Gasteiger partial charge in [0.25, 0.3) is 5.91 Å². The number of tetrazole rings is 1. The zero-order valence-electron chi connectivity index (χ0n) is 18.2. The third-order valence-electron chi connectivity index (χ3n) is 5.92. The Balaban J connectivity index is 1.57. The van der Waals surface area contributed by atoms with Gasteiger partial charge < -0.3 is 5.32 Å². The number of carbonyl (C=O) groups excluding carboxylic acids is 1. The summed E-state index contributed by atoms with van der Waals surface area (Å²) >= 11 is 0. The number of pyridine rings is 1. The van der Waals surface area contributed by atoms with Gasteiger partial charge >= 0.3 is 0 Å². The van der Waals surface area contributed by atoms with Crippen LogP contribution < -0.4 is 10.2 Å². The predicted octanol–water partition coefficient (Wildman–Crippen LogP) is 3.23. The first-order chi connectivity index (χ1) is 15.6. The molecular formula is C24H25N7O. The Hall–Kier alpha value is -3.65. The van der Waals surface area contributed by atoms with Gasteiger partial charge in [-0.3, -0.25) is 9.69 Å². The standard InChI is InChI=1S/C24H25N7O/c1-16-5-3-6-18-12-14-26-23(22(16)18)30(21-7-4-13-25-15-21)24(32)19-8-10-20(11-9-19)31-28-17(2)27-29-31/h3,5-6,8-12,14,21,25H,4,7,13,15H2,1-2H3/t21-/m1/s1. The molecule has 1 atom stereocenters. The quantitative estimate of drug-likeness (QED) is 0.538. The summed E-state index contributed by atoms with van der Waals surface area (Å²) < 4.78 is 0. The van der Waals surface area contributed by atoms with Gasteiger partial charge in [0.1, 0.15) is 5.82 Å². The summed E-state index contributed by atoms with van der Waals surface area (Å²) in [5.74, 6) is 1.26. The van der Waals surface area contributed by atoms with E-state index in [1.54, 1.807) is 13.1 Å². The van der Waals surface area contributed by atoms with Gasteiger partial charge in [-0.25, -0.2) is 4.98 Å². The van der Waals surface area contributed by atoms with Gasteiger partial charge in [0.15, 0.2) is 5.82 Å². The third-order valence-corrected chi connectivity index (χ3v) is 5.92. The van der Waals surface area contributed by atoms with Crippen molar-refractivity contribution in [1.29, 1.82) is 0 Å².